The Morgan fingerprint density at radius 2 is 1.84 bits per heavy atom. The Bertz CT molecular complexity index is 1480. The number of rotatable bonds is 5. The third kappa shape index (κ3) is 4.09. The lowest BCUT2D eigenvalue weighted by Gasteiger charge is -2.13. The van der Waals surface area contributed by atoms with Crippen molar-refractivity contribution in [2.24, 2.45) is 0 Å². The Morgan fingerprint density at radius 1 is 1.09 bits per heavy atom. The van der Waals surface area contributed by atoms with E-state index in [0.717, 1.165) is 15.9 Å². The van der Waals surface area contributed by atoms with Crippen LogP contribution in [-0.4, -0.2) is 15.0 Å². The number of nitrogens with zero attached hydrogens (tertiary/aromatic N) is 2. The SMILES string of the molecule is Cc1cc(-n2c(=O)c3sccc3n(CC(=O)NCc3ccc(F)c(Cl)c3)c2=O)ccc1F. The summed E-state index contributed by atoms with van der Waals surface area (Å²) in [6.07, 6.45) is 0. The van der Waals surface area contributed by atoms with E-state index in [0.29, 0.717) is 15.8 Å². The first kappa shape index (κ1) is 21.9. The molecule has 0 saturated heterocycles. The number of hydrogen-bond donors (Lipinski definition) is 1. The second-order valence-corrected chi connectivity index (χ2v) is 8.43. The van der Waals surface area contributed by atoms with Crippen molar-refractivity contribution in [3.05, 3.63) is 96.5 Å². The van der Waals surface area contributed by atoms with Crippen LogP contribution in [0, 0.1) is 18.6 Å². The fourth-order valence-electron chi connectivity index (χ4n) is 3.29. The standard InChI is InChI=1S/C22H16ClF2N3O3S/c1-12-8-14(3-5-16(12)24)28-21(30)20-18(6-7-32-20)27(22(28)31)11-19(29)26-10-13-2-4-17(25)15(23)9-13/h2-9H,10-11H2,1H3,(H,26,29). The Kier molecular flexibility index (Phi) is 5.94. The Morgan fingerprint density at radius 3 is 2.56 bits per heavy atom. The molecule has 0 aliphatic rings. The number of benzene rings is 2. The second-order valence-electron chi connectivity index (χ2n) is 7.10. The molecule has 0 fully saturated rings. The van der Waals surface area contributed by atoms with Crippen molar-refractivity contribution in [3.8, 4) is 5.69 Å². The number of aryl methyl sites for hydroxylation is 1. The normalized spacial score (nSPS) is 11.1. The molecular weight excluding hydrogens is 460 g/mol. The quantitative estimate of drug-likeness (QED) is 0.477. The molecule has 1 N–H and O–H groups in total. The summed E-state index contributed by atoms with van der Waals surface area (Å²) in [5.41, 5.74) is 0.159. The number of hydrogen-bond acceptors (Lipinski definition) is 4. The molecule has 2 aromatic heterocycles. The molecule has 0 aliphatic heterocycles. The zero-order valence-corrected chi connectivity index (χ0v) is 18.3. The Labute approximate surface area is 189 Å². The summed E-state index contributed by atoms with van der Waals surface area (Å²) in [4.78, 5) is 38.7. The number of carbonyl (C=O) groups is 1. The number of nitrogens with one attached hydrogen (secondary N) is 1. The molecule has 0 spiro atoms. The highest BCUT2D eigenvalue weighted by molar-refractivity contribution is 7.17. The number of aromatic nitrogens is 2. The number of halogens is 3. The molecule has 32 heavy (non-hydrogen) atoms. The highest BCUT2D eigenvalue weighted by atomic mass is 35.5. The van der Waals surface area contributed by atoms with Crippen LogP contribution in [0.15, 0.2) is 57.4 Å². The summed E-state index contributed by atoms with van der Waals surface area (Å²) in [6, 6.07) is 9.60. The van der Waals surface area contributed by atoms with Gasteiger partial charge in [-0.25, -0.2) is 18.1 Å². The van der Waals surface area contributed by atoms with Gasteiger partial charge in [-0.1, -0.05) is 17.7 Å². The van der Waals surface area contributed by atoms with Crippen LogP contribution in [0.5, 0.6) is 0 Å². The Balaban J connectivity index is 1.69. The first-order valence-electron chi connectivity index (χ1n) is 9.46. The highest BCUT2D eigenvalue weighted by Gasteiger charge is 2.18. The average molecular weight is 476 g/mol. The van der Waals surface area contributed by atoms with Gasteiger partial charge < -0.3 is 5.32 Å². The van der Waals surface area contributed by atoms with E-state index in [1.807, 2.05) is 0 Å². The minimum atomic E-state index is -0.716. The summed E-state index contributed by atoms with van der Waals surface area (Å²) in [5.74, 6) is -1.51. The van der Waals surface area contributed by atoms with Gasteiger partial charge in [0.05, 0.1) is 16.2 Å². The van der Waals surface area contributed by atoms with Crippen molar-refractivity contribution in [1.29, 1.82) is 0 Å². The molecule has 2 aromatic carbocycles. The number of carbonyl (C=O) groups excluding carboxylic acids is 1. The predicted molar refractivity (Wildman–Crippen MR) is 120 cm³/mol. The van der Waals surface area contributed by atoms with Crippen molar-refractivity contribution in [2.45, 2.75) is 20.0 Å². The van der Waals surface area contributed by atoms with Crippen LogP contribution in [0.1, 0.15) is 11.1 Å². The smallest absolute Gasteiger partial charge is 0.336 e. The maximum absolute atomic E-state index is 13.7. The molecule has 4 rings (SSSR count). The molecule has 164 valence electrons. The van der Waals surface area contributed by atoms with Gasteiger partial charge in [-0.3, -0.25) is 14.2 Å². The Hall–Kier alpha value is -3.30. The van der Waals surface area contributed by atoms with Gasteiger partial charge in [0.2, 0.25) is 5.91 Å². The van der Waals surface area contributed by atoms with Crippen LogP contribution in [0.4, 0.5) is 8.78 Å². The molecule has 1 amide bonds. The molecule has 0 aliphatic carbocycles. The van der Waals surface area contributed by atoms with Crippen molar-refractivity contribution < 1.29 is 13.6 Å². The summed E-state index contributed by atoms with van der Waals surface area (Å²) in [6.45, 7) is 1.26. The van der Waals surface area contributed by atoms with Crippen LogP contribution < -0.4 is 16.6 Å². The summed E-state index contributed by atoms with van der Waals surface area (Å²) in [7, 11) is 0. The lowest BCUT2D eigenvalue weighted by molar-refractivity contribution is -0.121. The van der Waals surface area contributed by atoms with Gasteiger partial charge in [-0.2, -0.15) is 0 Å². The molecular formula is C22H16ClF2N3O3S. The predicted octanol–water partition coefficient (Wildman–Crippen LogP) is 3.77. The van der Waals surface area contributed by atoms with Crippen molar-refractivity contribution in [1.82, 2.24) is 14.5 Å². The third-order valence-corrected chi connectivity index (χ3v) is 6.11. The van der Waals surface area contributed by atoms with E-state index in [1.165, 1.54) is 47.9 Å². The van der Waals surface area contributed by atoms with Gasteiger partial charge in [0.1, 0.15) is 22.9 Å². The van der Waals surface area contributed by atoms with Gasteiger partial charge in [0.25, 0.3) is 5.56 Å². The minimum absolute atomic E-state index is 0.0605. The minimum Gasteiger partial charge on any atom is -0.350 e. The highest BCUT2D eigenvalue weighted by Crippen LogP contribution is 2.18. The van der Waals surface area contributed by atoms with E-state index >= 15 is 0 Å². The molecule has 6 nitrogen and oxygen atoms in total. The van der Waals surface area contributed by atoms with Crippen LogP contribution >= 0.6 is 22.9 Å². The zero-order valence-electron chi connectivity index (χ0n) is 16.7. The topological polar surface area (TPSA) is 73.1 Å². The van der Waals surface area contributed by atoms with Crippen LogP contribution in [0.25, 0.3) is 15.9 Å². The number of amides is 1. The largest absolute Gasteiger partial charge is 0.350 e. The van der Waals surface area contributed by atoms with Crippen molar-refractivity contribution in [3.63, 3.8) is 0 Å². The third-order valence-electron chi connectivity index (χ3n) is 4.93. The van der Waals surface area contributed by atoms with Crippen LogP contribution in [0.3, 0.4) is 0 Å². The van der Waals surface area contributed by atoms with Crippen LogP contribution in [0.2, 0.25) is 5.02 Å². The monoisotopic (exact) mass is 475 g/mol. The molecule has 0 saturated carbocycles. The van der Waals surface area contributed by atoms with Gasteiger partial charge in [0.15, 0.2) is 0 Å². The molecule has 10 heteroatoms. The fourth-order valence-corrected chi connectivity index (χ4v) is 4.31. The van der Waals surface area contributed by atoms with E-state index in [1.54, 1.807) is 11.4 Å². The molecule has 0 bridgehead atoms. The summed E-state index contributed by atoms with van der Waals surface area (Å²) in [5, 5.41) is 4.25. The lowest BCUT2D eigenvalue weighted by Crippen LogP contribution is -2.41. The summed E-state index contributed by atoms with van der Waals surface area (Å²) < 4.78 is 29.4. The number of thiophene rings is 1. The van der Waals surface area contributed by atoms with Gasteiger partial charge in [-0.05, 0) is 59.8 Å². The zero-order chi connectivity index (χ0) is 23.0. The van der Waals surface area contributed by atoms with E-state index in [9.17, 15) is 23.2 Å². The molecule has 0 atom stereocenters. The lowest BCUT2D eigenvalue weighted by atomic mass is 10.2. The second kappa shape index (κ2) is 8.68. The molecule has 4 aromatic rings. The first-order chi connectivity index (χ1) is 15.3. The van der Waals surface area contributed by atoms with Gasteiger partial charge >= 0.3 is 5.69 Å². The summed E-state index contributed by atoms with van der Waals surface area (Å²) >= 11 is 6.90. The van der Waals surface area contributed by atoms with Crippen LogP contribution in [-0.2, 0) is 17.9 Å². The maximum Gasteiger partial charge on any atom is 0.336 e. The number of fused-ring (bicyclic) bond motifs is 1. The fraction of sp³-hybridized carbons (Fsp3) is 0.136. The molecule has 0 radical (unpaired) electrons. The maximum atomic E-state index is 13.7. The average Bonchev–Trinajstić information content (AvgIpc) is 3.25. The molecule has 2 heterocycles. The first-order valence-corrected chi connectivity index (χ1v) is 10.7. The van der Waals surface area contributed by atoms with E-state index in [2.05, 4.69) is 5.32 Å². The van der Waals surface area contributed by atoms with E-state index < -0.39 is 28.8 Å². The van der Waals surface area contributed by atoms with E-state index in [-0.39, 0.29) is 29.4 Å². The van der Waals surface area contributed by atoms with Gasteiger partial charge in [-0.15, -0.1) is 11.3 Å². The van der Waals surface area contributed by atoms with Gasteiger partial charge in [0, 0.05) is 6.54 Å². The van der Waals surface area contributed by atoms with Crippen molar-refractivity contribution >= 4 is 39.1 Å². The van der Waals surface area contributed by atoms with E-state index in [4.69, 9.17) is 11.6 Å². The van der Waals surface area contributed by atoms with Crippen molar-refractivity contribution in [2.75, 3.05) is 0 Å². The molecule has 0 unspecified atom stereocenters.